The molecule has 0 spiro atoms. The number of sulfonamides is 1. The summed E-state index contributed by atoms with van der Waals surface area (Å²) in [5.41, 5.74) is -0.0187. The summed E-state index contributed by atoms with van der Waals surface area (Å²) < 4.78 is 53.8. The number of aliphatic hydroxyl groups excluding tert-OH is 1. The van der Waals surface area contributed by atoms with E-state index in [-0.39, 0.29) is 17.5 Å². The van der Waals surface area contributed by atoms with Gasteiger partial charge < -0.3 is 5.11 Å². The van der Waals surface area contributed by atoms with Crippen molar-refractivity contribution in [2.75, 3.05) is 6.54 Å². The van der Waals surface area contributed by atoms with Crippen molar-refractivity contribution in [3.8, 4) is 0 Å². The zero-order chi connectivity index (χ0) is 15.7. The van der Waals surface area contributed by atoms with Crippen molar-refractivity contribution < 1.29 is 22.3 Å². The zero-order valence-corrected chi connectivity index (χ0v) is 12.6. The van der Waals surface area contributed by atoms with Crippen molar-refractivity contribution in [3.05, 3.63) is 29.3 Å². The van der Waals surface area contributed by atoms with Crippen LogP contribution in [0.4, 0.5) is 8.78 Å². The van der Waals surface area contributed by atoms with Crippen molar-refractivity contribution in [1.82, 2.24) is 4.72 Å². The van der Waals surface area contributed by atoms with E-state index in [0.29, 0.717) is 0 Å². The van der Waals surface area contributed by atoms with Gasteiger partial charge >= 0.3 is 0 Å². The second-order valence-corrected chi connectivity index (χ2v) is 7.36. The first-order valence-electron chi connectivity index (χ1n) is 6.92. The van der Waals surface area contributed by atoms with Crippen molar-refractivity contribution in [3.63, 3.8) is 0 Å². The minimum atomic E-state index is -4.13. The van der Waals surface area contributed by atoms with Crippen molar-refractivity contribution in [2.45, 2.75) is 44.1 Å². The fourth-order valence-electron chi connectivity index (χ4n) is 2.45. The van der Waals surface area contributed by atoms with E-state index in [1.165, 1.54) is 0 Å². The number of nitrogens with one attached hydrogen (secondary N) is 1. The number of hydrogen-bond acceptors (Lipinski definition) is 3. The maximum absolute atomic E-state index is 13.7. The van der Waals surface area contributed by atoms with Gasteiger partial charge in [-0.25, -0.2) is 21.9 Å². The minimum absolute atomic E-state index is 0.0176. The van der Waals surface area contributed by atoms with Gasteiger partial charge in [-0.05, 0) is 42.4 Å². The van der Waals surface area contributed by atoms with Crippen molar-refractivity contribution >= 4 is 10.0 Å². The van der Waals surface area contributed by atoms with E-state index >= 15 is 0 Å². The summed E-state index contributed by atoms with van der Waals surface area (Å²) in [6.07, 6.45) is 3.74. The van der Waals surface area contributed by atoms with Gasteiger partial charge in [0, 0.05) is 6.54 Å². The quantitative estimate of drug-likeness (QED) is 0.810. The summed E-state index contributed by atoms with van der Waals surface area (Å²) in [6, 6.07) is 1.74. The second-order valence-electron chi connectivity index (χ2n) is 5.62. The third-order valence-electron chi connectivity index (χ3n) is 3.90. The predicted molar refractivity (Wildman–Crippen MR) is 74.0 cm³/mol. The molecule has 0 bridgehead atoms. The van der Waals surface area contributed by atoms with E-state index in [1.807, 2.05) is 6.92 Å². The molecule has 2 N–H and O–H groups in total. The minimum Gasteiger partial charge on any atom is -0.392 e. The highest BCUT2D eigenvalue weighted by Crippen LogP contribution is 2.49. The lowest BCUT2D eigenvalue weighted by atomic mass is 10.0. The van der Waals surface area contributed by atoms with Gasteiger partial charge in [0.1, 0.15) is 4.90 Å². The molecule has 1 aromatic carbocycles. The smallest absolute Gasteiger partial charge is 0.243 e. The van der Waals surface area contributed by atoms with Crippen molar-refractivity contribution in [1.29, 1.82) is 0 Å². The van der Waals surface area contributed by atoms with Crippen LogP contribution in [0.15, 0.2) is 17.0 Å². The number of halogens is 2. The number of aliphatic hydroxyl groups is 1. The highest BCUT2D eigenvalue weighted by atomic mass is 32.2. The molecule has 118 valence electrons. The fourth-order valence-corrected chi connectivity index (χ4v) is 3.74. The first-order valence-corrected chi connectivity index (χ1v) is 8.40. The SMILES string of the molecule is CCCC1(CNS(=O)(=O)c2cc(CO)cc(F)c2F)CC1. The molecular weight excluding hydrogens is 300 g/mol. The Kier molecular flexibility index (Phi) is 4.65. The maximum Gasteiger partial charge on any atom is 0.243 e. The molecule has 2 rings (SSSR count). The Hall–Kier alpha value is -1.05. The van der Waals surface area contributed by atoms with E-state index in [2.05, 4.69) is 4.72 Å². The summed E-state index contributed by atoms with van der Waals surface area (Å²) >= 11 is 0. The van der Waals surface area contributed by atoms with E-state index in [9.17, 15) is 17.2 Å². The van der Waals surface area contributed by atoms with Gasteiger partial charge in [0.05, 0.1) is 6.61 Å². The van der Waals surface area contributed by atoms with Crippen LogP contribution in [0.5, 0.6) is 0 Å². The van der Waals surface area contributed by atoms with Gasteiger partial charge in [0.25, 0.3) is 0 Å². The number of benzene rings is 1. The van der Waals surface area contributed by atoms with E-state index < -0.39 is 33.2 Å². The van der Waals surface area contributed by atoms with Gasteiger partial charge in [0.15, 0.2) is 11.6 Å². The Morgan fingerprint density at radius 1 is 1.33 bits per heavy atom. The molecule has 0 heterocycles. The van der Waals surface area contributed by atoms with Crippen LogP contribution in [-0.2, 0) is 16.6 Å². The summed E-state index contributed by atoms with van der Waals surface area (Å²) in [5.74, 6) is -2.70. The Labute approximate surface area is 123 Å². The van der Waals surface area contributed by atoms with Gasteiger partial charge in [0.2, 0.25) is 10.0 Å². The highest BCUT2D eigenvalue weighted by molar-refractivity contribution is 7.89. The summed E-state index contributed by atoms with van der Waals surface area (Å²) in [6.45, 7) is 1.70. The van der Waals surface area contributed by atoms with Crippen molar-refractivity contribution in [2.24, 2.45) is 5.41 Å². The average Bonchev–Trinajstić information content (AvgIpc) is 3.20. The largest absolute Gasteiger partial charge is 0.392 e. The fraction of sp³-hybridized carbons (Fsp3) is 0.571. The van der Waals surface area contributed by atoms with Gasteiger partial charge in [-0.1, -0.05) is 13.3 Å². The molecule has 21 heavy (non-hydrogen) atoms. The van der Waals surface area contributed by atoms with Gasteiger partial charge in [-0.3, -0.25) is 0 Å². The second kappa shape index (κ2) is 5.98. The van der Waals surface area contributed by atoms with Crippen LogP contribution >= 0.6 is 0 Å². The Balaban J connectivity index is 2.22. The Bertz CT molecular complexity index is 627. The monoisotopic (exact) mass is 319 g/mol. The molecule has 0 aliphatic heterocycles. The predicted octanol–water partition coefficient (Wildman–Crippen LogP) is 2.32. The topological polar surface area (TPSA) is 66.4 Å². The van der Waals surface area contributed by atoms with E-state index in [1.54, 1.807) is 0 Å². The van der Waals surface area contributed by atoms with E-state index in [0.717, 1.165) is 37.8 Å². The lowest BCUT2D eigenvalue weighted by molar-refractivity contribution is 0.280. The first-order chi connectivity index (χ1) is 9.83. The molecule has 7 heteroatoms. The summed E-state index contributed by atoms with van der Waals surface area (Å²) in [4.78, 5) is -0.751. The molecule has 1 saturated carbocycles. The molecular formula is C14H19F2NO3S. The summed E-state index contributed by atoms with van der Waals surface area (Å²) in [7, 11) is -4.13. The summed E-state index contributed by atoms with van der Waals surface area (Å²) in [5, 5.41) is 8.98. The van der Waals surface area contributed by atoms with Gasteiger partial charge in [-0.15, -0.1) is 0 Å². The number of hydrogen-bond donors (Lipinski definition) is 2. The molecule has 0 amide bonds. The molecule has 1 fully saturated rings. The average molecular weight is 319 g/mol. The van der Waals surface area contributed by atoms with Crippen LogP contribution in [0.25, 0.3) is 0 Å². The van der Waals surface area contributed by atoms with Gasteiger partial charge in [-0.2, -0.15) is 0 Å². The van der Waals surface area contributed by atoms with Crippen LogP contribution in [0, 0.1) is 17.0 Å². The molecule has 1 aromatic rings. The Morgan fingerprint density at radius 2 is 2.00 bits per heavy atom. The van der Waals surface area contributed by atoms with Crippen LogP contribution in [0.1, 0.15) is 38.2 Å². The van der Waals surface area contributed by atoms with Crippen LogP contribution < -0.4 is 4.72 Å². The molecule has 0 unspecified atom stereocenters. The third kappa shape index (κ3) is 3.59. The first kappa shape index (κ1) is 16.3. The number of rotatable bonds is 7. The van der Waals surface area contributed by atoms with Crippen LogP contribution in [0.3, 0.4) is 0 Å². The zero-order valence-electron chi connectivity index (χ0n) is 11.8. The Morgan fingerprint density at radius 3 is 2.52 bits per heavy atom. The molecule has 0 radical (unpaired) electrons. The molecule has 0 atom stereocenters. The molecule has 0 aromatic heterocycles. The van der Waals surface area contributed by atoms with Crippen LogP contribution in [0.2, 0.25) is 0 Å². The third-order valence-corrected chi connectivity index (χ3v) is 5.30. The van der Waals surface area contributed by atoms with E-state index in [4.69, 9.17) is 5.11 Å². The molecule has 1 aliphatic carbocycles. The lowest BCUT2D eigenvalue weighted by Crippen LogP contribution is -2.31. The lowest BCUT2D eigenvalue weighted by Gasteiger charge is -2.16. The van der Waals surface area contributed by atoms with Crippen LogP contribution in [-0.4, -0.2) is 20.1 Å². The molecule has 4 nitrogen and oxygen atoms in total. The normalized spacial score (nSPS) is 17.0. The maximum atomic E-state index is 13.7. The molecule has 0 saturated heterocycles. The highest BCUT2D eigenvalue weighted by Gasteiger charge is 2.42. The molecule has 1 aliphatic rings. The standard InChI is InChI=1S/C14H19F2NO3S/c1-2-3-14(4-5-14)9-17-21(19,20)12-7-10(8-18)6-11(15)13(12)16/h6-7,17-18H,2-5,8-9H2,1H3.